The number of amides is 2. The number of hydrogen-bond donors (Lipinski definition) is 1. The van der Waals surface area contributed by atoms with E-state index in [-0.39, 0.29) is 10.8 Å². The third-order valence-corrected chi connectivity index (χ3v) is 8.95. The zero-order chi connectivity index (χ0) is 24.5. The smallest absolute Gasteiger partial charge is 0.279 e. The molecule has 8 nitrogen and oxygen atoms in total. The van der Waals surface area contributed by atoms with Gasteiger partial charge in [0.15, 0.2) is 4.80 Å². The molecular formula is C24H28N4O4S2. The second-order valence-electron chi connectivity index (χ2n) is 8.52. The van der Waals surface area contributed by atoms with Gasteiger partial charge in [-0.25, -0.2) is 8.42 Å². The van der Waals surface area contributed by atoms with Crippen molar-refractivity contribution in [2.75, 3.05) is 18.4 Å². The topological polar surface area (TPSA) is 101 Å². The average molecular weight is 501 g/mol. The van der Waals surface area contributed by atoms with E-state index in [9.17, 15) is 18.0 Å². The lowest BCUT2D eigenvalue weighted by molar-refractivity contribution is -0.114. The van der Waals surface area contributed by atoms with Crippen molar-refractivity contribution in [2.45, 2.75) is 45.1 Å². The standard InChI is InChI=1S/C24H28N4O4S2/c1-4-28-21-10-7-19(25-17(3)29)15-22(21)33-24(28)26-23(30)18-5-8-20(9-6-18)34(31,32)27-13-11-16(2)12-14-27/h5-10,15-16H,4,11-14H2,1-3H3,(H,25,29). The summed E-state index contributed by atoms with van der Waals surface area (Å²) in [7, 11) is -3.57. The molecule has 0 spiro atoms. The number of hydrogen-bond acceptors (Lipinski definition) is 5. The van der Waals surface area contributed by atoms with Crippen LogP contribution in [0.2, 0.25) is 0 Å². The van der Waals surface area contributed by atoms with Gasteiger partial charge in [0.05, 0.1) is 15.1 Å². The third kappa shape index (κ3) is 4.98. The Morgan fingerprint density at radius 3 is 2.41 bits per heavy atom. The van der Waals surface area contributed by atoms with Crippen molar-refractivity contribution in [1.82, 2.24) is 8.87 Å². The molecule has 1 N–H and O–H groups in total. The quantitative estimate of drug-likeness (QED) is 0.575. The lowest BCUT2D eigenvalue weighted by atomic mass is 10.0. The SMILES string of the molecule is CCn1c(=NC(=O)c2ccc(S(=O)(=O)N3CCC(C)CC3)cc2)sc2cc(NC(C)=O)ccc21. The number of sulfonamides is 1. The number of nitrogens with zero attached hydrogens (tertiary/aromatic N) is 3. The van der Waals surface area contributed by atoms with Crippen LogP contribution in [0.25, 0.3) is 10.2 Å². The van der Waals surface area contributed by atoms with Crippen LogP contribution in [0.15, 0.2) is 52.4 Å². The van der Waals surface area contributed by atoms with Gasteiger partial charge in [-0.2, -0.15) is 9.30 Å². The van der Waals surface area contributed by atoms with E-state index in [1.54, 1.807) is 0 Å². The summed E-state index contributed by atoms with van der Waals surface area (Å²) in [6, 6.07) is 11.6. The Morgan fingerprint density at radius 1 is 1.12 bits per heavy atom. The van der Waals surface area contributed by atoms with Crippen LogP contribution < -0.4 is 10.1 Å². The Bertz CT molecular complexity index is 1400. The van der Waals surface area contributed by atoms with Gasteiger partial charge in [-0.3, -0.25) is 9.59 Å². The van der Waals surface area contributed by atoms with Gasteiger partial charge in [-0.05, 0) is 68.1 Å². The Labute approximate surface area is 203 Å². The van der Waals surface area contributed by atoms with E-state index >= 15 is 0 Å². The summed E-state index contributed by atoms with van der Waals surface area (Å²) in [6.07, 6.45) is 1.71. The van der Waals surface area contributed by atoms with Gasteiger partial charge >= 0.3 is 0 Å². The van der Waals surface area contributed by atoms with Crippen LogP contribution in [0.1, 0.15) is 44.0 Å². The summed E-state index contributed by atoms with van der Waals surface area (Å²) in [4.78, 5) is 29.3. The molecule has 2 heterocycles. The van der Waals surface area contributed by atoms with Gasteiger partial charge in [-0.1, -0.05) is 18.3 Å². The van der Waals surface area contributed by atoms with Crippen molar-refractivity contribution >= 4 is 49.1 Å². The highest BCUT2D eigenvalue weighted by Crippen LogP contribution is 2.24. The molecule has 0 unspecified atom stereocenters. The summed E-state index contributed by atoms with van der Waals surface area (Å²) in [5.41, 5.74) is 1.93. The fourth-order valence-corrected chi connectivity index (χ4v) is 6.64. The molecule has 0 saturated carbocycles. The second-order valence-corrected chi connectivity index (χ2v) is 11.5. The second kappa shape index (κ2) is 9.81. The summed E-state index contributed by atoms with van der Waals surface area (Å²) < 4.78 is 30.2. The molecule has 1 fully saturated rings. The number of rotatable bonds is 5. The maximum atomic E-state index is 12.9. The van der Waals surface area contributed by atoms with Crippen LogP contribution in [0, 0.1) is 5.92 Å². The molecule has 2 amide bonds. The highest BCUT2D eigenvalue weighted by Gasteiger charge is 2.28. The van der Waals surface area contributed by atoms with E-state index in [0.29, 0.717) is 41.6 Å². The number of carbonyl (C=O) groups is 2. The van der Waals surface area contributed by atoms with Crippen molar-refractivity contribution in [2.24, 2.45) is 10.9 Å². The lowest BCUT2D eigenvalue weighted by Crippen LogP contribution is -2.37. The summed E-state index contributed by atoms with van der Waals surface area (Å²) in [5, 5.41) is 2.76. The molecule has 0 radical (unpaired) electrons. The molecule has 1 aromatic heterocycles. The predicted molar refractivity (Wildman–Crippen MR) is 133 cm³/mol. The number of carbonyl (C=O) groups excluding carboxylic acids is 2. The number of anilines is 1. The molecule has 3 aromatic rings. The number of fused-ring (bicyclic) bond motifs is 1. The molecule has 34 heavy (non-hydrogen) atoms. The number of aryl methyl sites for hydroxylation is 1. The van der Waals surface area contributed by atoms with Crippen molar-refractivity contribution in [3.63, 3.8) is 0 Å². The van der Waals surface area contributed by atoms with Gasteiger partial charge in [-0.15, -0.1) is 0 Å². The maximum Gasteiger partial charge on any atom is 0.279 e. The molecule has 0 aliphatic carbocycles. The van der Waals surface area contributed by atoms with Gasteiger partial charge in [0, 0.05) is 37.8 Å². The van der Waals surface area contributed by atoms with Gasteiger partial charge in [0.2, 0.25) is 15.9 Å². The van der Waals surface area contributed by atoms with Crippen molar-refractivity contribution < 1.29 is 18.0 Å². The van der Waals surface area contributed by atoms with Crippen molar-refractivity contribution in [1.29, 1.82) is 0 Å². The first-order chi connectivity index (χ1) is 16.2. The van der Waals surface area contributed by atoms with Gasteiger partial charge in [0.25, 0.3) is 5.91 Å². The number of piperidine rings is 1. The third-order valence-electron chi connectivity index (χ3n) is 6.00. The number of thiazole rings is 1. The number of benzene rings is 2. The maximum absolute atomic E-state index is 12.9. The Morgan fingerprint density at radius 2 is 1.79 bits per heavy atom. The van der Waals surface area contributed by atoms with Crippen LogP contribution in [-0.4, -0.2) is 42.2 Å². The summed E-state index contributed by atoms with van der Waals surface area (Å²) >= 11 is 1.36. The van der Waals surface area contributed by atoms with Crippen LogP contribution in [0.3, 0.4) is 0 Å². The Hall–Kier alpha value is -2.82. The molecule has 4 rings (SSSR count). The van der Waals surface area contributed by atoms with Crippen molar-refractivity contribution in [3.8, 4) is 0 Å². The molecule has 1 saturated heterocycles. The monoisotopic (exact) mass is 500 g/mol. The highest BCUT2D eigenvalue weighted by molar-refractivity contribution is 7.89. The van der Waals surface area contributed by atoms with E-state index in [2.05, 4.69) is 17.2 Å². The molecule has 1 aliphatic heterocycles. The van der Waals surface area contributed by atoms with Crippen LogP contribution in [0.4, 0.5) is 5.69 Å². The zero-order valence-corrected chi connectivity index (χ0v) is 21.1. The summed E-state index contributed by atoms with van der Waals surface area (Å²) in [5.74, 6) is -0.0592. The van der Waals surface area contributed by atoms with E-state index in [0.717, 1.165) is 23.1 Å². The van der Waals surface area contributed by atoms with Crippen LogP contribution in [-0.2, 0) is 21.4 Å². The first kappa shape index (κ1) is 24.3. The molecular weight excluding hydrogens is 472 g/mol. The largest absolute Gasteiger partial charge is 0.326 e. The minimum Gasteiger partial charge on any atom is -0.326 e. The van der Waals surface area contributed by atoms with Gasteiger partial charge < -0.3 is 9.88 Å². The van der Waals surface area contributed by atoms with Gasteiger partial charge in [0.1, 0.15) is 0 Å². The average Bonchev–Trinajstić information content (AvgIpc) is 3.15. The van der Waals surface area contributed by atoms with E-state index in [1.807, 2.05) is 29.7 Å². The van der Waals surface area contributed by atoms with Crippen molar-refractivity contribution in [3.05, 3.63) is 52.8 Å². The summed E-state index contributed by atoms with van der Waals surface area (Å²) in [6.45, 7) is 7.22. The van der Waals surface area contributed by atoms with E-state index in [4.69, 9.17) is 0 Å². The Balaban J connectivity index is 1.61. The molecule has 0 bridgehead atoms. The predicted octanol–water partition coefficient (Wildman–Crippen LogP) is 3.84. The van der Waals surface area contributed by atoms with Crippen LogP contribution >= 0.6 is 11.3 Å². The highest BCUT2D eigenvalue weighted by atomic mass is 32.2. The minimum absolute atomic E-state index is 0.153. The van der Waals surface area contributed by atoms with Crippen LogP contribution in [0.5, 0.6) is 0 Å². The number of aromatic nitrogens is 1. The first-order valence-corrected chi connectivity index (χ1v) is 13.5. The first-order valence-electron chi connectivity index (χ1n) is 11.3. The lowest BCUT2D eigenvalue weighted by Gasteiger charge is -2.29. The molecule has 0 atom stereocenters. The normalized spacial score (nSPS) is 16.1. The number of nitrogens with one attached hydrogen (secondary N) is 1. The fourth-order valence-electron chi connectivity index (χ4n) is 4.04. The molecule has 2 aromatic carbocycles. The van der Waals surface area contributed by atoms with E-state index in [1.165, 1.54) is 46.8 Å². The molecule has 180 valence electrons. The molecule has 1 aliphatic rings. The Kier molecular flexibility index (Phi) is 7.01. The fraction of sp³-hybridized carbons (Fsp3) is 0.375. The minimum atomic E-state index is -3.57. The molecule has 10 heteroatoms. The zero-order valence-electron chi connectivity index (χ0n) is 19.4. The van der Waals surface area contributed by atoms with E-state index < -0.39 is 15.9 Å².